The molecule has 2 aromatic rings. The highest BCUT2D eigenvalue weighted by Crippen LogP contribution is 2.26. The SMILES string of the molecule is CC(C)C(=O)[C@@H](c1ccccc1)N1CCN(C(=O)OCc2ccccc2)CC1. The number of hydrogen-bond donors (Lipinski definition) is 0. The van der Waals surface area contributed by atoms with E-state index in [1.807, 2.05) is 74.5 Å². The minimum Gasteiger partial charge on any atom is -0.445 e. The molecule has 1 fully saturated rings. The summed E-state index contributed by atoms with van der Waals surface area (Å²) in [4.78, 5) is 29.2. The molecule has 0 N–H and O–H groups in total. The predicted molar refractivity (Wildman–Crippen MR) is 109 cm³/mol. The van der Waals surface area contributed by atoms with E-state index >= 15 is 0 Å². The highest BCUT2D eigenvalue weighted by Gasteiger charge is 2.32. The molecule has 28 heavy (non-hydrogen) atoms. The molecule has 1 aliphatic heterocycles. The fraction of sp³-hybridized carbons (Fsp3) is 0.391. The van der Waals surface area contributed by atoms with Gasteiger partial charge in [0.15, 0.2) is 5.78 Å². The second-order valence-electron chi connectivity index (χ2n) is 7.43. The summed E-state index contributed by atoms with van der Waals surface area (Å²) >= 11 is 0. The third-order valence-corrected chi connectivity index (χ3v) is 5.10. The van der Waals surface area contributed by atoms with E-state index in [9.17, 15) is 9.59 Å². The molecule has 1 heterocycles. The van der Waals surface area contributed by atoms with E-state index in [1.54, 1.807) is 4.90 Å². The van der Waals surface area contributed by atoms with E-state index in [-0.39, 0.29) is 30.4 Å². The Bertz CT molecular complexity index is 769. The minimum atomic E-state index is -0.296. The van der Waals surface area contributed by atoms with Gasteiger partial charge in [-0.2, -0.15) is 0 Å². The molecule has 1 atom stereocenters. The molecular formula is C23H28N2O3. The van der Waals surface area contributed by atoms with Gasteiger partial charge in [0.1, 0.15) is 6.61 Å². The van der Waals surface area contributed by atoms with Crippen LogP contribution in [0.5, 0.6) is 0 Å². The summed E-state index contributed by atoms with van der Waals surface area (Å²) in [6.07, 6.45) is -0.296. The zero-order valence-corrected chi connectivity index (χ0v) is 16.6. The highest BCUT2D eigenvalue weighted by molar-refractivity contribution is 5.87. The van der Waals surface area contributed by atoms with Gasteiger partial charge in [-0.15, -0.1) is 0 Å². The van der Waals surface area contributed by atoms with E-state index in [4.69, 9.17) is 4.74 Å². The molecule has 0 aliphatic carbocycles. The van der Waals surface area contributed by atoms with E-state index in [0.29, 0.717) is 26.2 Å². The third kappa shape index (κ3) is 4.98. The number of ether oxygens (including phenoxy) is 1. The number of carbonyl (C=O) groups is 2. The number of ketones is 1. The van der Waals surface area contributed by atoms with Crippen molar-refractivity contribution in [3.8, 4) is 0 Å². The number of amides is 1. The van der Waals surface area contributed by atoms with Crippen LogP contribution in [0.4, 0.5) is 4.79 Å². The summed E-state index contributed by atoms with van der Waals surface area (Å²) in [6, 6.07) is 19.3. The number of piperazine rings is 1. The summed E-state index contributed by atoms with van der Waals surface area (Å²) < 4.78 is 5.44. The summed E-state index contributed by atoms with van der Waals surface area (Å²) in [7, 11) is 0. The van der Waals surface area contributed by atoms with Gasteiger partial charge in [-0.05, 0) is 11.1 Å². The number of hydrogen-bond acceptors (Lipinski definition) is 4. The lowest BCUT2D eigenvalue weighted by Gasteiger charge is -2.38. The number of Topliss-reactive ketones (excluding diaryl/α,β-unsaturated/α-hetero) is 1. The summed E-state index contributed by atoms with van der Waals surface area (Å²) in [6.45, 7) is 6.57. The minimum absolute atomic E-state index is 0.0425. The van der Waals surface area contributed by atoms with Crippen molar-refractivity contribution in [3.05, 3.63) is 71.8 Å². The van der Waals surface area contributed by atoms with Crippen LogP contribution in [0.15, 0.2) is 60.7 Å². The van der Waals surface area contributed by atoms with Crippen molar-refractivity contribution in [2.24, 2.45) is 5.92 Å². The second kappa shape index (κ2) is 9.51. The van der Waals surface area contributed by atoms with Crippen LogP contribution in [0, 0.1) is 5.92 Å². The van der Waals surface area contributed by atoms with Crippen LogP contribution >= 0.6 is 0 Å². The molecule has 5 heteroatoms. The van der Waals surface area contributed by atoms with Crippen LogP contribution in [-0.2, 0) is 16.1 Å². The molecule has 148 valence electrons. The van der Waals surface area contributed by atoms with E-state index in [0.717, 1.165) is 11.1 Å². The quantitative estimate of drug-likeness (QED) is 0.762. The zero-order valence-electron chi connectivity index (χ0n) is 16.6. The molecule has 0 saturated carbocycles. The lowest BCUT2D eigenvalue weighted by molar-refractivity contribution is -0.128. The Morgan fingerprint density at radius 1 is 0.893 bits per heavy atom. The first-order chi connectivity index (χ1) is 13.6. The van der Waals surface area contributed by atoms with Crippen molar-refractivity contribution in [1.29, 1.82) is 0 Å². The van der Waals surface area contributed by atoms with Gasteiger partial charge in [0.2, 0.25) is 0 Å². The van der Waals surface area contributed by atoms with Crippen LogP contribution in [-0.4, -0.2) is 47.9 Å². The van der Waals surface area contributed by atoms with Crippen LogP contribution < -0.4 is 0 Å². The Morgan fingerprint density at radius 2 is 1.46 bits per heavy atom. The molecule has 0 aromatic heterocycles. The van der Waals surface area contributed by atoms with Crippen molar-refractivity contribution in [2.45, 2.75) is 26.5 Å². The third-order valence-electron chi connectivity index (χ3n) is 5.10. The molecule has 5 nitrogen and oxygen atoms in total. The zero-order chi connectivity index (χ0) is 19.9. The molecule has 0 spiro atoms. The second-order valence-corrected chi connectivity index (χ2v) is 7.43. The monoisotopic (exact) mass is 380 g/mol. The van der Waals surface area contributed by atoms with E-state index < -0.39 is 0 Å². The molecule has 0 radical (unpaired) electrons. The maximum Gasteiger partial charge on any atom is 0.410 e. The fourth-order valence-electron chi connectivity index (χ4n) is 3.48. The van der Waals surface area contributed by atoms with E-state index in [2.05, 4.69) is 4.90 Å². The van der Waals surface area contributed by atoms with Crippen molar-refractivity contribution in [1.82, 2.24) is 9.80 Å². The van der Waals surface area contributed by atoms with Gasteiger partial charge in [0, 0.05) is 32.1 Å². The molecule has 1 saturated heterocycles. The van der Waals surface area contributed by atoms with Crippen LogP contribution in [0.1, 0.15) is 31.0 Å². The number of rotatable bonds is 6. The van der Waals surface area contributed by atoms with Crippen molar-refractivity contribution in [2.75, 3.05) is 26.2 Å². The Labute approximate surface area is 166 Å². The predicted octanol–water partition coefficient (Wildman–Crippen LogP) is 3.91. The van der Waals surface area contributed by atoms with Crippen LogP contribution in [0.2, 0.25) is 0 Å². The fourth-order valence-corrected chi connectivity index (χ4v) is 3.48. The first kappa shape index (κ1) is 20.1. The Hall–Kier alpha value is -2.66. The molecule has 1 aliphatic rings. The topological polar surface area (TPSA) is 49.9 Å². The van der Waals surface area contributed by atoms with Gasteiger partial charge in [-0.25, -0.2) is 4.79 Å². The lowest BCUT2D eigenvalue weighted by Crippen LogP contribution is -2.51. The van der Waals surface area contributed by atoms with Crippen LogP contribution in [0.25, 0.3) is 0 Å². The average Bonchev–Trinajstić information content (AvgIpc) is 2.74. The Morgan fingerprint density at radius 3 is 2.04 bits per heavy atom. The summed E-state index contributed by atoms with van der Waals surface area (Å²) in [5.74, 6) is 0.172. The molecule has 1 amide bonds. The molecule has 0 bridgehead atoms. The molecule has 2 aromatic carbocycles. The average molecular weight is 380 g/mol. The number of benzene rings is 2. The number of nitrogens with zero attached hydrogens (tertiary/aromatic N) is 2. The normalized spacial score (nSPS) is 16.0. The highest BCUT2D eigenvalue weighted by atomic mass is 16.6. The molecule has 0 unspecified atom stereocenters. The summed E-state index contributed by atoms with van der Waals surface area (Å²) in [5, 5.41) is 0. The lowest BCUT2D eigenvalue weighted by atomic mass is 9.93. The maximum atomic E-state index is 12.9. The maximum absolute atomic E-state index is 12.9. The largest absolute Gasteiger partial charge is 0.445 e. The van der Waals surface area contributed by atoms with Gasteiger partial charge >= 0.3 is 6.09 Å². The van der Waals surface area contributed by atoms with Gasteiger partial charge in [-0.1, -0.05) is 74.5 Å². The molecular weight excluding hydrogens is 352 g/mol. The standard InChI is InChI=1S/C23H28N2O3/c1-18(2)22(26)21(20-11-7-4-8-12-20)24-13-15-25(16-14-24)23(27)28-17-19-9-5-3-6-10-19/h3-12,18,21H,13-17H2,1-2H3/t21-/m1/s1. The smallest absolute Gasteiger partial charge is 0.410 e. The Kier molecular flexibility index (Phi) is 6.82. The van der Waals surface area contributed by atoms with Gasteiger partial charge in [0.25, 0.3) is 0 Å². The van der Waals surface area contributed by atoms with Crippen LogP contribution in [0.3, 0.4) is 0 Å². The summed E-state index contributed by atoms with van der Waals surface area (Å²) in [5.41, 5.74) is 1.99. The van der Waals surface area contributed by atoms with E-state index in [1.165, 1.54) is 0 Å². The Balaban J connectivity index is 1.59. The van der Waals surface area contributed by atoms with Gasteiger partial charge in [-0.3, -0.25) is 9.69 Å². The van der Waals surface area contributed by atoms with Gasteiger partial charge < -0.3 is 9.64 Å². The molecule has 3 rings (SSSR count). The first-order valence-corrected chi connectivity index (χ1v) is 9.84. The van der Waals surface area contributed by atoms with Crippen molar-refractivity contribution < 1.29 is 14.3 Å². The van der Waals surface area contributed by atoms with Crippen molar-refractivity contribution >= 4 is 11.9 Å². The van der Waals surface area contributed by atoms with Crippen molar-refractivity contribution in [3.63, 3.8) is 0 Å². The first-order valence-electron chi connectivity index (χ1n) is 9.84. The number of carbonyl (C=O) groups excluding carboxylic acids is 2. The van der Waals surface area contributed by atoms with Gasteiger partial charge in [0.05, 0.1) is 6.04 Å².